The van der Waals surface area contributed by atoms with Crippen molar-refractivity contribution in [3.8, 4) is 5.75 Å². The Hall–Kier alpha value is -5.27. The average Bonchev–Trinajstić information content (AvgIpc) is 3.60. The van der Waals surface area contributed by atoms with Gasteiger partial charge in [-0.1, -0.05) is 25.5 Å². The highest BCUT2D eigenvalue weighted by atomic mass is 16.6. The molecule has 4 heterocycles. The molecule has 2 saturated heterocycles. The molecule has 0 saturated carbocycles. The molecule has 2 fully saturated rings. The van der Waals surface area contributed by atoms with Gasteiger partial charge in [0.25, 0.3) is 11.8 Å². The molecule has 3 aromatic rings. The largest absolute Gasteiger partial charge is 0.483 e. The molecule has 1 atom stereocenters. The minimum atomic E-state index is -0.651. The summed E-state index contributed by atoms with van der Waals surface area (Å²) in [5, 5.41) is 6.01. The number of carbonyl (C=O) groups excluding carboxylic acids is 5. The zero-order chi connectivity index (χ0) is 34.0. The van der Waals surface area contributed by atoms with Crippen LogP contribution in [0.1, 0.15) is 48.7 Å². The third-order valence-corrected chi connectivity index (χ3v) is 8.32. The number of anilines is 1. The van der Waals surface area contributed by atoms with E-state index in [0.717, 1.165) is 18.4 Å². The summed E-state index contributed by atoms with van der Waals surface area (Å²) in [5.41, 5.74) is 1.43. The fourth-order valence-electron chi connectivity index (χ4n) is 5.64. The third-order valence-electron chi connectivity index (χ3n) is 8.32. The van der Waals surface area contributed by atoms with Gasteiger partial charge in [0.2, 0.25) is 11.8 Å². The molecule has 0 aliphatic carbocycles. The van der Waals surface area contributed by atoms with E-state index in [1.54, 1.807) is 46.3 Å². The van der Waals surface area contributed by atoms with Gasteiger partial charge in [-0.2, -0.15) is 0 Å². The van der Waals surface area contributed by atoms with Crippen LogP contribution in [0.3, 0.4) is 0 Å². The van der Waals surface area contributed by atoms with Crippen LogP contribution >= 0.6 is 0 Å². The van der Waals surface area contributed by atoms with E-state index < -0.39 is 11.9 Å². The fourth-order valence-corrected chi connectivity index (χ4v) is 5.64. The van der Waals surface area contributed by atoms with Crippen LogP contribution in [0.4, 0.5) is 10.6 Å². The highest BCUT2D eigenvalue weighted by molar-refractivity contribution is 5.99. The lowest BCUT2D eigenvalue weighted by molar-refractivity contribution is -0.138. The SMILES string of the molecule is CCCCOC(=O)N1CCN(C(=O)CNC(=O)c2cc(OCC(=O)N3CCCC3C(=O)Nc3ccccn3)c3ccc(C)cc3n2)CC1. The minimum Gasteiger partial charge on any atom is -0.483 e. The van der Waals surface area contributed by atoms with E-state index in [-0.39, 0.29) is 48.4 Å². The first-order valence-corrected chi connectivity index (χ1v) is 16.3. The Balaban J connectivity index is 1.19. The van der Waals surface area contributed by atoms with E-state index in [1.165, 1.54) is 11.0 Å². The zero-order valence-corrected chi connectivity index (χ0v) is 27.3. The minimum absolute atomic E-state index is 0.0248. The number of piperazine rings is 1. The number of fused-ring (bicyclic) bond motifs is 1. The second-order valence-corrected chi connectivity index (χ2v) is 11.8. The van der Waals surface area contributed by atoms with Crippen molar-refractivity contribution in [1.82, 2.24) is 30.0 Å². The molecule has 2 aromatic heterocycles. The highest BCUT2D eigenvalue weighted by Crippen LogP contribution is 2.27. The van der Waals surface area contributed by atoms with Crippen LogP contribution in [-0.4, -0.2) is 113 Å². The number of hydrogen-bond acceptors (Lipinski definition) is 9. The summed E-state index contributed by atoms with van der Waals surface area (Å²) in [6.07, 6.45) is 4.12. The molecule has 14 nitrogen and oxygen atoms in total. The second kappa shape index (κ2) is 16.0. The van der Waals surface area contributed by atoms with Gasteiger partial charge in [-0.05, 0) is 56.0 Å². The van der Waals surface area contributed by atoms with Crippen molar-refractivity contribution in [3.05, 3.63) is 59.9 Å². The van der Waals surface area contributed by atoms with Gasteiger partial charge in [0.1, 0.15) is 23.3 Å². The molecule has 0 radical (unpaired) electrons. The quantitative estimate of drug-likeness (QED) is 0.295. The van der Waals surface area contributed by atoms with Crippen LogP contribution < -0.4 is 15.4 Å². The number of ether oxygens (including phenoxy) is 2. The van der Waals surface area contributed by atoms with Gasteiger partial charge in [-0.15, -0.1) is 0 Å². The smallest absolute Gasteiger partial charge is 0.409 e. The molecule has 1 unspecified atom stereocenters. The lowest BCUT2D eigenvalue weighted by atomic mass is 10.1. The van der Waals surface area contributed by atoms with E-state index >= 15 is 0 Å². The first kappa shape index (κ1) is 34.1. The number of nitrogens with zero attached hydrogens (tertiary/aromatic N) is 5. The molecule has 254 valence electrons. The molecule has 5 rings (SSSR count). The Labute approximate surface area is 278 Å². The predicted molar refractivity (Wildman–Crippen MR) is 176 cm³/mol. The van der Waals surface area contributed by atoms with Crippen LogP contribution in [0, 0.1) is 6.92 Å². The van der Waals surface area contributed by atoms with Crippen molar-refractivity contribution >= 4 is 46.4 Å². The lowest BCUT2D eigenvalue weighted by Gasteiger charge is -2.34. The fraction of sp³-hybridized carbons (Fsp3) is 0.441. The van der Waals surface area contributed by atoms with Gasteiger partial charge in [-0.3, -0.25) is 19.2 Å². The maximum Gasteiger partial charge on any atom is 0.409 e. The number of nitrogens with one attached hydrogen (secondary N) is 2. The number of unbranched alkanes of at least 4 members (excludes halogenated alkanes) is 1. The second-order valence-electron chi connectivity index (χ2n) is 11.8. The first-order valence-electron chi connectivity index (χ1n) is 16.3. The van der Waals surface area contributed by atoms with Crippen molar-refractivity contribution in [3.63, 3.8) is 0 Å². The molecule has 5 amide bonds. The first-order chi connectivity index (χ1) is 23.2. The standard InChI is InChI=1S/C34H41N7O7/c1-3-4-18-47-34(46)40-16-14-39(15-17-40)30(42)21-36-32(44)26-20-28(24-11-10-23(2)19-25(24)37-26)48-22-31(43)41-13-7-8-27(41)33(45)38-29-9-5-6-12-35-29/h5-6,9-12,19-20,27H,3-4,7-8,13-18,21-22H2,1-2H3,(H,36,44)(H,35,38,45). The van der Waals surface area contributed by atoms with E-state index in [9.17, 15) is 24.0 Å². The Morgan fingerprint density at radius 3 is 2.50 bits per heavy atom. The van der Waals surface area contributed by atoms with Crippen molar-refractivity contribution in [1.29, 1.82) is 0 Å². The predicted octanol–water partition coefficient (Wildman–Crippen LogP) is 2.76. The molecule has 48 heavy (non-hydrogen) atoms. The molecular formula is C34H41N7O7. The van der Waals surface area contributed by atoms with Crippen LogP contribution in [-0.2, 0) is 19.1 Å². The molecule has 2 N–H and O–H groups in total. The molecule has 14 heteroatoms. The van der Waals surface area contributed by atoms with Crippen molar-refractivity contribution in [2.45, 2.75) is 45.6 Å². The number of likely N-dealkylation sites (tertiary alicyclic amines) is 1. The number of benzene rings is 1. The lowest BCUT2D eigenvalue weighted by Crippen LogP contribution is -2.52. The summed E-state index contributed by atoms with van der Waals surface area (Å²) in [6.45, 7) is 5.46. The molecule has 2 aliphatic heterocycles. The van der Waals surface area contributed by atoms with Gasteiger partial charge in [0, 0.05) is 50.4 Å². The highest BCUT2D eigenvalue weighted by Gasteiger charge is 2.34. The van der Waals surface area contributed by atoms with Crippen molar-refractivity contribution in [2.24, 2.45) is 0 Å². The van der Waals surface area contributed by atoms with E-state index in [1.807, 2.05) is 19.9 Å². The van der Waals surface area contributed by atoms with E-state index in [0.29, 0.717) is 68.9 Å². The van der Waals surface area contributed by atoms with Crippen molar-refractivity contribution in [2.75, 3.05) is 57.8 Å². The summed E-state index contributed by atoms with van der Waals surface area (Å²) in [5.74, 6) is -0.853. The number of amides is 5. The summed E-state index contributed by atoms with van der Waals surface area (Å²) in [4.78, 5) is 77.8. The maximum absolute atomic E-state index is 13.3. The molecule has 2 aliphatic rings. The monoisotopic (exact) mass is 659 g/mol. The summed E-state index contributed by atoms with van der Waals surface area (Å²) in [7, 11) is 0. The van der Waals surface area contributed by atoms with Crippen LogP contribution in [0.15, 0.2) is 48.7 Å². The number of carbonyl (C=O) groups is 5. The van der Waals surface area contributed by atoms with Crippen molar-refractivity contribution < 1.29 is 33.4 Å². The van der Waals surface area contributed by atoms with Gasteiger partial charge in [0.15, 0.2) is 6.61 Å². The number of hydrogen-bond donors (Lipinski definition) is 2. The Bertz CT molecular complexity index is 1640. The number of pyridine rings is 2. The van der Waals surface area contributed by atoms with Gasteiger partial charge < -0.3 is 34.8 Å². The summed E-state index contributed by atoms with van der Waals surface area (Å²) >= 11 is 0. The van der Waals surface area contributed by atoms with Crippen LogP contribution in [0.25, 0.3) is 10.9 Å². The Morgan fingerprint density at radius 1 is 0.958 bits per heavy atom. The third kappa shape index (κ3) is 8.55. The summed E-state index contributed by atoms with van der Waals surface area (Å²) in [6, 6.07) is 11.5. The topological polar surface area (TPSA) is 163 Å². The molecule has 0 bridgehead atoms. The van der Waals surface area contributed by atoms with Gasteiger partial charge in [0.05, 0.1) is 18.7 Å². The molecule has 0 spiro atoms. The maximum atomic E-state index is 13.3. The number of rotatable bonds is 11. The Kier molecular flexibility index (Phi) is 11.4. The molecular weight excluding hydrogens is 618 g/mol. The molecule has 1 aromatic carbocycles. The van der Waals surface area contributed by atoms with Crippen LogP contribution in [0.2, 0.25) is 0 Å². The number of aryl methyl sites for hydroxylation is 1. The summed E-state index contributed by atoms with van der Waals surface area (Å²) < 4.78 is 11.2. The van der Waals surface area contributed by atoms with E-state index in [4.69, 9.17) is 9.47 Å². The van der Waals surface area contributed by atoms with Crippen LogP contribution in [0.5, 0.6) is 5.75 Å². The average molecular weight is 660 g/mol. The van der Waals surface area contributed by atoms with E-state index in [2.05, 4.69) is 20.6 Å². The Morgan fingerprint density at radius 2 is 1.75 bits per heavy atom. The zero-order valence-electron chi connectivity index (χ0n) is 27.3. The van der Waals surface area contributed by atoms with Gasteiger partial charge in [-0.25, -0.2) is 14.8 Å². The number of aromatic nitrogens is 2. The normalized spacial score (nSPS) is 16.0. The van der Waals surface area contributed by atoms with Gasteiger partial charge >= 0.3 is 6.09 Å².